The maximum absolute atomic E-state index is 12.3. The van der Waals surface area contributed by atoms with E-state index in [-0.39, 0.29) is 17.5 Å². The highest BCUT2D eigenvalue weighted by molar-refractivity contribution is 5.76. The molecular formula is C16H27N3O. The summed E-state index contributed by atoms with van der Waals surface area (Å²) >= 11 is 0. The molecule has 0 saturated carbocycles. The topological polar surface area (TPSA) is 45.2 Å². The van der Waals surface area contributed by atoms with Crippen LogP contribution in [0.15, 0.2) is 24.5 Å². The van der Waals surface area contributed by atoms with Gasteiger partial charge < -0.3 is 10.2 Å². The molecule has 0 aliphatic heterocycles. The lowest BCUT2D eigenvalue weighted by Crippen LogP contribution is -2.41. The number of pyridine rings is 1. The first-order chi connectivity index (χ1) is 9.29. The van der Waals surface area contributed by atoms with Crippen LogP contribution in [0.25, 0.3) is 0 Å². The van der Waals surface area contributed by atoms with Gasteiger partial charge in [-0.25, -0.2) is 0 Å². The van der Waals surface area contributed by atoms with Crippen molar-refractivity contribution in [1.29, 1.82) is 0 Å². The van der Waals surface area contributed by atoms with Crippen LogP contribution in [0.5, 0.6) is 0 Å². The molecule has 1 heterocycles. The van der Waals surface area contributed by atoms with Crippen LogP contribution in [0.3, 0.4) is 0 Å². The molecule has 1 aromatic rings. The third-order valence-corrected chi connectivity index (χ3v) is 3.01. The van der Waals surface area contributed by atoms with Gasteiger partial charge in [0.2, 0.25) is 5.91 Å². The minimum Gasteiger partial charge on any atom is -0.336 e. The van der Waals surface area contributed by atoms with Crippen LogP contribution in [0.1, 0.15) is 46.6 Å². The van der Waals surface area contributed by atoms with Gasteiger partial charge in [-0.3, -0.25) is 9.78 Å². The Balaban J connectivity index is 2.55. The van der Waals surface area contributed by atoms with E-state index >= 15 is 0 Å². The van der Waals surface area contributed by atoms with E-state index < -0.39 is 0 Å². The van der Waals surface area contributed by atoms with E-state index in [2.05, 4.69) is 31.1 Å². The van der Waals surface area contributed by atoms with Crippen molar-refractivity contribution < 1.29 is 4.79 Å². The first-order valence-electron chi connectivity index (χ1n) is 7.23. The lowest BCUT2D eigenvalue weighted by Gasteiger charge is -2.28. The molecule has 4 heteroatoms. The highest BCUT2D eigenvalue weighted by Gasteiger charge is 2.18. The maximum atomic E-state index is 12.3. The lowest BCUT2D eigenvalue weighted by atomic mass is 10.1. The van der Waals surface area contributed by atoms with E-state index in [1.165, 1.54) is 0 Å². The summed E-state index contributed by atoms with van der Waals surface area (Å²) < 4.78 is 0. The number of nitrogens with one attached hydrogen (secondary N) is 1. The standard InChI is InChI=1S/C16H27N3O/c1-13(2)19(12-14-7-6-9-17-11-14)15(20)8-10-18-16(3,4)5/h6-7,9,11,13,18H,8,10,12H2,1-5H3. The zero-order valence-corrected chi connectivity index (χ0v) is 13.3. The summed E-state index contributed by atoms with van der Waals surface area (Å²) in [5.74, 6) is 0.181. The van der Waals surface area contributed by atoms with Crippen molar-refractivity contribution in [3.8, 4) is 0 Å². The molecule has 4 nitrogen and oxygen atoms in total. The van der Waals surface area contributed by atoms with Crippen molar-refractivity contribution in [2.24, 2.45) is 0 Å². The first kappa shape index (κ1) is 16.6. The summed E-state index contributed by atoms with van der Waals surface area (Å²) in [5.41, 5.74) is 1.12. The van der Waals surface area contributed by atoms with E-state index in [1.807, 2.05) is 37.1 Å². The second-order valence-corrected chi connectivity index (χ2v) is 6.40. The van der Waals surface area contributed by atoms with Crippen molar-refractivity contribution >= 4 is 5.91 Å². The number of carbonyl (C=O) groups is 1. The third kappa shape index (κ3) is 6.15. The van der Waals surface area contributed by atoms with Gasteiger partial charge in [0.05, 0.1) is 0 Å². The minimum atomic E-state index is 0.0479. The molecule has 0 saturated heterocycles. The van der Waals surface area contributed by atoms with Crippen molar-refractivity contribution in [3.05, 3.63) is 30.1 Å². The van der Waals surface area contributed by atoms with E-state index in [9.17, 15) is 4.79 Å². The fourth-order valence-corrected chi connectivity index (χ4v) is 1.94. The van der Waals surface area contributed by atoms with Gasteiger partial charge in [0, 0.05) is 43.5 Å². The monoisotopic (exact) mass is 277 g/mol. The van der Waals surface area contributed by atoms with Crippen molar-refractivity contribution in [2.45, 2.75) is 59.2 Å². The van der Waals surface area contributed by atoms with Gasteiger partial charge in [-0.05, 0) is 46.2 Å². The first-order valence-corrected chi connectivity index (χ1v) is 7.23. The molecule has 20 heavy (non-hydrogen) atoms. The smallest absolute Gasteiger partial charge is 0.224 e. The number of aromatic nitrogens is 1. The molecule has 1 amide bonds. The molecule has 1 rings (SSSR count). The minimum absolute atomic E-state index is 0.0479. The second kappa shape index (κ2) is 7.39. The normalized spacial score (nSPS) is 11.7. The molecule has 0 fully saturated rings. The summed E-state index contributed by atoms with van der Waals surface area (Å²) in [4.78, 5) is 18.3. The Morgan fingerprint density at radius 2 is 2.10 bits per heavy atom. The van der Waals surface area contributed by atoms with E-state index in [0.29, 0.717) is 19.5 Å². The van der Waals surface area contributed by atoms with E-state index in [1.54, 1.807) is 6.20 Å². The Hall–Kier alpha value is -1.42. The summed E-state index contributed by atoms with van der Waals surface area (Å²) in [5, 5.41) is 3.35. The molecule has 0 aromatic carbocycles. The predicted molar refractivity (Wildman–Crippen MR) is 82.3 cm³/mol. The second-order valence-electron chi connectivity index (χ2n) is 6.40. The SMILES string of the molecule is CC(C)N(Cc1cccnc1)C(=O)CCNC(C)(C)C. The summed E-state index contributed by atoms with van der Waals surface area (Å²) in [7, 11) is 0. The number of hydrogen-bond acceptors (Lipinski definition) is 3. The molecular weight excluding hydrogens is 250 g/mol. The maximum Gasteiger partial charge on any atom is 0.224 e. The van der Waals surface area contributed by atoms with Crippen LogP contribution in [-0.4, -0.2) is 33.9 Å². The van der Waals surface area contributed by atoms with Crippen LogP contribution < -0.4 is 5.32 Å². The predicted octanol–water partition coefficient (Wildman–Crippen LogP) is 2.60. The molecule has 0 spiro atoms. The Morgan fingerprint density at radius 3 is 2.60 bits per heavy atom. The quantitative estimate of drug-likeness (QED) is 0.869. The number of amides is 1. The van der Waals surface area contributed by atoms with Crippen LogP contribution >= 0.6 is 0 Å². The molecule has 0 aliphatic carbocycles. The summed E-state index contributed by atoms with van der Waals surface area (Å²) in [6.45, 7) is 11.7. The molecule has 0 radical (unpaired) electrons. The van der Waals surface area contributed by atoms with E-state index in [0.717, 1.165) is 5.56 Å². The number of carbonyl (C=O) groups excluding carboxylic acids is 1. The van der Waals surface area contributed by atoms with Crippen LogP contribution in [-0.2, 0) is 11.3 Å². The van der Waals surface area contributed by atoms with Crippen LogP contribution in [0, 0.1) is 0 Å². The number of rotatable bonds is 6. The van der Waals surface area contributed by atoms with E-state index in [4.69, 9.17) is 0 Å². The molecule has 0 atom stereocenters. The molecule has 112 valence electrons. The van der Waals surface area contributed by atoms with Gasteiger partial charge in [0.25, 0.3) is 0 Å². The Morgan fingerprint density at radius 1 is 1.40 bits per heavy atom. The van der Waals surface area contributed by atoms with Gasteiger partial charge in [0.15, 0.2) is 0 Å². The Labute approximate surface area is 122 Å². The van der Waals surface area contributed by atoms with Gasteiger partial charge >= 0.3 is 0 Å². The Bertz CT molecular complexity index is 409. The zero-order valence-electron chi connectivity index (χ0n) is 13.3. The van der Waals surface area contributed by atoms with Gasteiger partial charge in [-0.15, -0.1) is 0 Å². The number of nitrogens with zero attached hydrogens (tertiary/aromatic N) is 2. The molecule has 0 aliphatic rings. The fourth-order valence-electron chi connectivity index (χ4n) is 1.94. The molecule has 0 bridgehead atoms. The average molecular weight is 277 g/mol. The lowest BCUT2D eigenvalue weighted by molar-refractivity contribution is -0.133. The third-order valence-electron chi connectivity index (χ3n) is 3.01. The largest absolute Gasteiger partial charge is 0.336 e. The number of hydrogen-bond donors (Lipinski definition) is 1. The Kier molecular flexibility index (Phi) is 6.14. The van der Waals surface area contributed by atoms with Gasteiger partial charge in [-0.2, -0.15) is 0 Å². The van der Waals surface area contributed by atoms with Crippen molar-refractivity contribution in [1.82, 2.24) is 15.2 Å². The summed E-state index contributed by atoms with van der Waals surface area (Å²) in [6.07, 6.45) is 4.09. The highest BCUT2D eigenvalue weighted by atomic mass is 16.2. The van der Waals surface area contributed by atoms with Gasteiger partial charge in [0.1, 0.15) is 0 Å². The molecule has 1 N–H and O–H groups in total. The average Bonchev–Trinajstić information content (AvgIpc) is 2.35. The van der Waals surface area contributed by atoms with Gasteiger partial charge in [-0.1, -0.05) is 6.07 Å². The van der Waals surface area contributed by atoms with Crippen LogP contribution in [0.2, 0.25) is 0 Å². The zero-order chi connectivity index (χ0) is 15.2. The molecule has 1 aromatic heterocycles. The fraction of sp³-hybridized carbons (Fsp3) is 0.625. The van der Waals surface area contributed by atoms with Crippen LogP contribution in [0.4, 0.5) is 0 Å². The highest BCUT2D eigenvalue weighted by Crippen LogP contribution is 2.09. The van der Waals surface area contributed by atoms with Crippen molar-refractivity contribution in [2.75, 3.05) is 6.54 Å². The van der Waals surface area contributed by atoms with Crippen molar-refractivity contribution in [3.63, 3.8) is 0 Å². The summed E-state index contributed by atoms with van der Waals surface area (Å²) in [6, 6.07) is 4.10. The molecule has 0 unspecified atom stereocenters.